The van der Waals surface area contributed by atoms with E-state index in [1.54, 1.807) is 18.2 Å². The van der Waals surface area contributed by atoms with Gasteiger partial charge in [-0.2, -0.15) is 13.2 Å². The van der Waals surface area contributed by atoms with Gasteiger partial charge in [-0.1, -0.05) is 24.3 Å². The van der Waals surface area contributed by atoms with Crippen molar-refractivity contribution in [1.29, 1.82) is 0 Å². The van der Waals surface area contributed by atoms with Crippen LogP contribution in [-0.4, -0.2) is 67.3 Å². The summed E-state index contributed by atoms with van der Waals surface area (Å²) >= 11 is 0. The zero-order valence-electron chi connectivity index (χ0n) is 16.2. The van der Waals surface area contributed by atoms with Crippen LogP contribution in [0.1, 0.15) is 24.6 Å². The largest absolute Gasteiger partial charge is 0.479 e. The number of aromatic nitrogens is 2. The first-order valence-electron chi connectivity index (χ1n) is 9.28. The van der Waals surface area contributed by atoms with Crippen LogP contribution in [0.25, 0.3) is 0 Å². The van der Waals surface area contributed by atoms with Gasteiger partial charge >= 0.3 is 12.1 Å². The number of halogens is 3. The molecule has 0 aromatic carbocycles. The van der Waals surface area contributed by atoms with Gasteiger partial charge < -0.3 is 29.9 Å². The molecule has 5 atom stereocenters. The SMILES string of the molecule is C/C=C1\C=CC(Cc2c(OC3OC(C(=O)O)C(O)C(O)C3O)n[nH]c2C(F)(F)F)=CC1. The maximum absolute atomic E-state index is 13.5. The topological polar surface area (TPSA) is 145 Å². The summed E-state index contributed by atoms with van der Waals surface area (Å²) in [5.41, 5.74) is 0.00527. The third kappa shape index (κ3) is 4.82. The monoisotopic (exact) mass is 446 g/mol. The van der Waals surface area contributed by atoms with Crippen molar-refractivity contribution in [3.63, 3.8) is 0 Å². The Hall–Kier alpha value is -2.67. The van der Waals surface area contributed by atoms with Crippen molar-refractivity contribution in [2.24, 2.45) is 0 Å². The van der Waals surface area contributed by atoms with Gasteiger partial charge in [0.15, 0.2) is 6.10 Å². The summed E-state index contributed by atoms with van der Waals surface area (Å²) in [4.78, 5) is 11.2. The van der Waals surface area contributed by atoms with E-state index >= 15 is 0 Å². The number of carbonyl (C=O) groups is 1. The average molecular weight is 446 g/mol. The summed E-state index contributed by atoms with van der Waals surface area (Å²) in [6.07, 6.45) is -7.13. The van der Waals surface area contributed by atoms with Gasteiger partial charge in [-0.25, -0.2) is 4.79 Å². The molecule has 1 aliphatic heterocycles. The van der Waals surface area contributed by atoms with Crippen LogP contribution in [-0.2, 0) is 22.1 Å². The van der Waals surface area contributed by atoms with Crippen LogP contribution >= 0.6 is 0 Å². The van der Waals surface area contributed by atoms with Crippen LogP contribution in [0.4, 0.5) is 13.2 Å². The number of H-pyrrole nitrogens is 1. The number of aromatic amines is 1. The molecule has 0 amide bonds. The van der Waals surface area contributed by atoms with Crippen LogP contribution < -0.4 is 4.74 Å². The van der Waals surface area contributed by atoms with Crippen LogP contribution in [0.15, 0.2) is 35.5 Å². The Balaban J connectivity index is 1.89. The molecule has 1 aliphatic carbocycles. The van der Waals surface area contributed by atoms with Gasteiger partial charge in [-0.05, 0) is 24.5 Å². The third-order valence-corrected chi connectivity index (χ3v) is 5.02. The molecule has 2 aliphatic rings. The van der Waals surface area contributed by atoms with E-state index in [4.69, 9.17) is 14.6 Å². The maximum atomic E-state index is 13.5. The smallest absolute Gasteiger partial charge is 0.433 e. The van der Waals surface area contributed by atoms with Gasteiger partial charge in [0.25, 0.3) is 0 Å². The molecule has 1 fully saturated rings. The second kappa shape index (κ2) is 8.83. The molecule has 5 unspecified atom stereocenters. The lowest BCUT2D eigenvalue weighted by molar-refractivity contribution is -0.271. The third-order valence-electron chi connectivity index (χ3n) is 5.02. The van der Waals surface area contributed by atoms with E-state index in [0.717, 1.165) is 5.57 Å². The number of nitrogens with one attached hydrogen (secondary N) is 1. The minimum absolute atomic E-state index is 0.218. The molecule has 1 saturated heterocycles. The fraction of sp³-hybridized carbons (Fsp3) is 0.474. The Bertz CT molecular complexity index is 922. The van der Waals surface area contributed by atoms with E-state index in [-0.39, 0.29) is 12.0 Å². The zero-order chi connectivity index (χ0) is 22.9. The van der Waals surface area contributed by atoms with Crippen molar-refractivity contribution in [3.05, 3.63) is 46.7 Å². The molecule has 3 rings (SSSR count). The summed E-state index contributed by atoms with van der Waals surface area (Å²) < 4.78 is 50.6. The Labute approximate surface area is 174 Å². The lowest BCUT2D eigenvalue weighted by Gasteiger charge is -2.38. The van der Waals surface area contributed by atoms with Gasteiger partial charge in [0.1, 0.15) is 24.0 Å². The van der Waals surface area contributed by atoms with Crippen molar-refractivity contribution in [2.75, 3.05) is 0 Å². The molecular weight excluding hydrogens is 425 g/mol. The highest BCUT2D eigenvalue weighted by atomic mass is 19.4. The Morgan fingerprint density at radius 1 is 1.29 bits per heavy atom. The molecule has 170 valence electrons. The van der Waals surface area contributed by atoms with E-state index < -0.39 is 54.4 Å². The standard InChI is InChI=1S/C19H21F3N2O7/c1-2-8-3-5-9(6-4-8)7-10-15(19(20,21)22)23-24-16(10)31-18-13(27)11(25)12(26)14(30-18)17(28)29/h2-3,5-6,11-14,18,25-27H,4,7H2,1H3,(H,23,24)(H,28,29)/b8-2+. The molecule has 0 bridgehead atoms. The lowest BCUT2D eigenvalue weighted by atomic mass is 9.96. The molecule has 1 aromatic heterocycles. The number of aliphatic hydroxyl groups excluding tert-OH is 3. The summed E-state index contributed by atoms with van der Waals surface area (Å²) in [5.74, 6) is -2.22. The quantitative estimate of drug-likeness (QED) is 0.452. The van der Waals surface area contributed by atoms with E-state index in [2.05, 4.69) is 5.10 Å². The molecule has 0 saturated carbocycles. The molecular formula is C19H21F3N2O7. The lowest BCUT2D eigenvalue weighted by Crippen LogP contribution is -2.61. The summed E-state index contributed by atoms with van der Waals surface area (Å²) in [6, 6.07) is 0. The minimum Gasteiger partial charge on any atom is -0.479 e. The fourth-order valence-electron chi connectivity index (χ4n) is 3.25. The molecule has 9 nitrogen and oxygen atoms in total. The molecule has 31 heavy (non-hydrogen) atoms. The number of hydrogen-bond acceptors (Lipinski definition) is 7. The Morgan fingerprint density at radius 3 is 2.55 bits per heavy atom. The number of rotatable bonds is 5. The number of carboxylic acids is 1. The highest BCUT2D eigenvalue weighted by Gasteiger charge is 2.49. The van der Waals surface area contributed by atoms with Crippen molar-refractivity contribution >= 4 is 5.97 Å². The van der Waals surface area contributed by atoms with Crippen molar-refractivity contribution < 1.29 is 47.9 Å². The van der Waals surface area contributed by atoms with E-state index in [9.17, 15) is 33.3 Å². The maximum Gasteiger partial charge on any atom is 0.433 e. The van der Waals surface area contributed by atoms with Gasteiger partial charge in [-0.3, -0.25) is 5.10 Å². The molecule has 12 heteroatoms. The molecule has 2 heterocycles. The second-order valence-electron chi connectivity index (χ2n) is 7.09. The van der Waals surface area contributed by atoms with E-state index in [1.165, 1.54) is 0 Å². The summed E-state index contributed by atoms with van der Waals surface area (Å²) in [6.45, 7) is 1.84. The normalized spacial score (nSPS) is 30.4. The van der Waals surface area contributed by atoms with Crippen molar-refractivity contribution in [2.45, 2.75) is 56.6 Å². The number of allylic oxidation sites excluding steroid dienone is 6. The summed E-state index contributed by atoms with van der Waals surface area (Å²) in [5, 5.41) is 44.1. The van der Waals surface area contributed by atoms with Crippen LogP contribution in [0.2, 0.25) is 0 Å². The molecule has 5 N–H and O–H groups in total. The fourth-order valence-corrected chi connectivity index (χ4v) is 3.25. The van der Waals surface area contributed by atoms with Crippen molar-refractivity contribution in [3.8, 4) is 5.88 Å². The predicted molar refractivity (Wildman–Crippen MR) is 97.8 cm³/mol. The number of aliphatic hydroxyl groups is 3. The highest BCUT2D eigenvalue weighted by molar-refractivity contribution is 5.73. The highest BCUT2D eigenvalue weighted by Crippen LogP contribution is 2.37. The molecule has 0 radical (unpaired) electrons. The number of aliphatic carboxylic acids is 1. The predicted octanol–water partition coefficient (Wildman–Crippen LogP) is 1.07. The molecule has 0 spiro atoms. The second-order valence-corrected chi connectivity index (χ2v) is 7.09. The van der Waals surface area contributed by atoms with Gasteiger partial charge in [0, 0.05) is 6.42 Å². The van der Waals surface area contributed by atoms with Crippen LogP contribution in [0.5, 0.6) is 5.88 Å². The zero-order valence-corrected chi connectivity index (χ0v) is 16.2. The average Bonchev–Trinajstić information content (AvgIpc) is 3.11. The first-order valence-corrected chi connectivity index (χ1v) is 9.28. The van der Waals surface area contributed by atoms with E-state index in [1.807, 2.05) is 18.1 Å². The first-order chi connectivity index (χ1) is 14.5. The van der Waals surface area contributed by atoms with Crippen molar-refractivity contribution in [1.82, 2.24) is 10.2 Å². The number of alkyl halides is 3. The van der Waals surface area contributed by atoms with E-state index in [0.29, 0.717) is 12.0 Å². The van der Waals surface area contributed by atoms with Gasteiger partial charge in [-0.15, -0.1) is 5.10 Å². The number of carboxylic acid groups (broad SMARTS) is 1. The number of nitrogens with zero attached hydrogens (tertiary/aromatic N) is 1. The van der Waals surface area contributed by atoms with Crippen LogP contribution in [0.3, 0.4) is 0 Å². The van der Waals surface area contributed by atoms with Gasteiger partial charge in [0.2, 0.25) is 12.2 Å². The number of hydrogen-bond donors (Lipinski definition) is 5. The van der Waals surface area contributed by atoms with Crippen LogP contribution in [0, 0.1) is 0 Å². The first kappa shape index (κ1) is 23.0. The molecule has 1 aromatic rings. The summed E-state index contributed by atoms with van der Waals surface area (Å²) in [7, 11) is 0. The minimum atomic E-state index is -4.79. The van der Waals surface area contributed by atoms with Gasteiger partial charge in [0.05, 0.1) is 5.56 Å². The Kier molecular flexibility index (Phi) is 6.55. The number of ether oxygens (including phenoxy) is 2. The Morgan fingerprint density at radius 2 is 2.00 bits per heavy atom.